The van der Waals surface area contributed by atoms with Crippen LogP contribution in [-0.2, 0) is 0 Å². The molecule has 1 N–H and O–H groups in total. The van der Waals surface area contributed by atoms with Crippen LogP contribution in [0.2, 0.25) is 5.15 Å². The summed E-state index contributed by atoms with van der Waals surface area (Å²) < 4.78 is 1.58. The van der Waals surface area contributed by atoms with E-state index in [1.165, 1.54) is 18.6 Å². The van der Waals surface area contributed by atoms with Crippen LogP contribution in [0, 0.1) is 0 Å². The monoisotopic (exact) mass is 196 g/mol. The minimum Gasteiger partial charge on any atom is -0.478 e. The van der Waals surface area contributed by atoms with Gasteiger partial charge in [-0.2, -0.15) is 0 Å². The van der Waals surface area contributed by atoms with Gasteiger partial charge < -0.3 is 9.51 Å². The molecule has 2 aromatic rings. The van der Waals surface area contributed by atoms with Crippen LogP contribution in [0.3, 0.4) is 0 Å². The molecule has 0 radical (unpaired) electrons. The Morgan fingerprint density at radius 2 is 2.31 bits per heavy atom. The number of carboxylic acid groups (broad SMARTS) is 1. The molecule has 0 aliphatic heterocycles. The van der Waals surface area contributed by atoms with E-state index in [4.69, 9.17) is 16.7 Å². The molecule has 0 aliphatic carbocycles. The quantitative estimate of drug-likeness (QED) is 0.755. The highest BCUT2D eigenvalue weighted by Crippen LogP contribution is 2.15. The van der Waals surface area contributed by atoms with Gasteiger partial charge in [0.15, 0.2) is 5.15 Å². The predicted molar refractivity (Wildman–Crippen MR) is 47.2 cm³/mol. The molecule has 2 rings (SSSR count). The highest BCUT2D eigenvalue weighted by molar-refractivity contribution is 6.32. The Morgan fingerprint density at radius 3 is 3.00 bits per heavy atom. The highest BCUT2D eigenvalue weighted by Gasteiger charge is 2.05. The van der Waals surface area contributed by atoms with Crippen LogP contribution in [0.5, 0.6) is 0 Å². The number of hydrogen-bond donors (Lipinski definition) is 1. The number of aromatic nitrogens is 2. The van der Waals surface area contributed by atoms with Gasteiger partial charge in [0, 0.05) is 6.20 Å². The van der Waals surface area contributed by atoms with Crippen molar-refractivity contribution in [1.29, 1.82) is 0 Å². The zero-order chi connectivity index (χ0) is 9.42. The third kappa shape index (κ3) is 1.25. The lowest BCUT2D eigenvalue weighted by atomic mass is 10.3. The summed E-state index contributed by atoms with van der Waals surface area (Å²) in [6.07, 6.45) is 2.95. The number of nitrogens with zero attached hydrogens (tertiary/aromatic N) is 2. The minimum absolute atomic E-state index is 0.210. The lowest BCUT2D eigenvalue weighted by Gasteiger charge is -1.96. The van der Waals surface area contributed by atoms with E-state index in [2.05, 4.69) is 4.98 Å². The lowest BCUT2D eigenvalue weighted by Crippen LogP contribution is -1.97. The molecule has 0 unspecified atom stereocenters. The van der Waals surface area contributed by atoms with E-state index in [1.54, 1.807) is 10.5 Å². The molecule has 0 atom stereocenters. The summed E-state index contributed by atoms with van der Waals surface area (Å²) in [5.41, 5.74) is 0.910. The number of hydrogen-bond acceptors (Lipinski definition) is 2. The van der Waals surface area contributed by atoms with Gasteiger partial charge in [0.05, 0.1) is 11.1 Å². The molecule has 0 amide bonds. The average molecular weight is 197 g/mol. The van der Waals surface area contributed by atoms with Crippen LogP contribution in [0.4, 0.5) is 0 Å². The fraction of sp³-hybridized carbons (Fsp3) is 0. The van der Waals surface area contributed by atoms with Crippen LogP contribution in [0.25, 0.3) is 5.52 Å². The molecular weight excluding hydrogens is 192 g/mol. The Hall–Kier alpha value is -1.55. The molecule has 13 heavy (non-hydrogen) atoms. The fourth-order valence-electron chi connectivity index (χ4n) is 1.09. The third-order valence-corrected chi connectivity index (χ3v) is 2.02. The molecule has 66 valence electrons. The van der Waals surface area contributed by atoms with Crippen molar-refractivity contribution in [3.8, 4) is 0 Å². The summed E-state index contributed by atoms with van der Waals surface area (Å²) >= 11 is 5.73. The SMILES string of the molecule is O=C(O)c1ccc2c(Cl)ncn2c1. The van der Waals surface area contributed by atoms with Crippen molar-refractivity contribution in [2.45, 2.75) is 0 Å². The summed E-state index contributed by atoms with van der Waals surface area (Å²) in [4.78, 5) is 14.4. The maximum atomic E-state index is 10.6. The lowest BCUT2D eigenvalue weighted by molar-refractivity contribution is 0.0696. The topological polar surface area (TPSA) is 54.6 Å². The Morgan fingerprint density at radius 1 is 1.54 bits per heavy atom. The summed E-state index contributed by atoms with van der Waals surface area (Å²) in [5, 5.41) is 9.06. The van der Waals surface area contributed by atoms with E-state index < -0.39 is 5.97 Å². The van der Waals surface area contributed by atoms with Gasteiger partial charge in [-0.05, 0) is 12.1 Å². The van der Waals surface area contributed by atoms with Gasteiger partial charge in [0.25, 0.3) is 0 Å². The molecular formula is C8H5ClN2O2. The summed E-state index contributed by atoms with van der Waals surface area (Å²) in [5.74, 6) is -0.966. The maximum Gasteiger partial charge on any atom is 0.337 e. The number of aromatic carboxylic acids is 1. The summed E-state index contributed by atoms with van der Waals surface area (Å²) in [7, 11) is 0. The van der Waals surface area contributed by atoms with E-state index in [0.29, 0.717) is 10.7 Å². The minimum atomic E-state index is -0.966. The zero-order valence-electron chi connectivity index (χ0n) is 6.44. The van der Waals surface area contributed by atoms with Crippen molar-refractivity contribution in [2.75, 3.05) is 0 Å². The number of carboxylic acids is 1. The smallest absolute Gasteiger partial charge is 0.337 e. The van der Waals surface area contributed by atoms with E-state index in [9.17, 15) is 4.79 Å². The third-order valence-electron chi connectivity index (χ3n) is 1.73. The molecule has 4 nitrogen and oxygen atoms in total. The number of carbonyl (C=O) groups is 1. The van der Waals surface area contributed by atoms with Gasteiger partial charge in [-0.15, -0.1) is 0 Å². The predicted octanol–water partition coefficient (Wildman–Crippen LogP) is 1.69. The van der Waals surface area contributed by atoms with Crippen molar-refractivity contribution >= 4 is 23.1 Å². The Bertz CT molecular complexity index is 478. The molecule has 5 heteroatoms. The fourth-order valence-corrected chi connectivity index (χ4v) is 1.30. The van der Waals surface area contributed by atoms with E-state index in [0.717, 1.165) is 0 Å². The van der Waals surface area contributed by atoms with Crippen LogP contribution in [0.15, 0.2) is 24.7 Å². The number of pyridine rings is 1. The van der Waals surface area contributed by atoms with Gasteiger partial charge in [-0.1, -0.05) is 11.6 Å². The molecule has 2 heterocycles. The van der Waals surface area contributed by atoms with Crippen LogP contribution in [-0.4, -0.2) is 20.5 Å². The van der Waals surface area contributed by atoms with Crippen molar-refractivity contribution in [2.24, 2.45) is 0 Å². The molecule has 0 bridgehead atoms. The Kier molecular flexibility index (Phi) is 1.70. The van der Waals surface area contributed by atoms with E-state index >= 15 is 0 Å². The molecule has 0 aliphatic rings. The second-order valence-electron chi connectivity index (χ2n) is 2.55. The zero-order valence-corrected chi connectivity index (χ0v) is 7.19. The highest BCUT2D eigenvalue weighted by atomic mass is 35.5. The van der Waals surface area contributed by atoms with Gasteiger partial charge >= 0.3 is 5.97 Å². The van der Waals surface area contributed by atoms with Crippen LogP contribution in [0.1, 0.15) is 10.4 Å². The van der Waals surface area contributed by atoms with Gasteiger partial charge in [-0.3, -0.25) is 0 Å². The molecule has 0 spiro atoms. The molecule has 2 aromatic heterocycles. The van der Waals surface area contributed by atoms with Crippen molar-refractivity contribution in [3.05, 3.63) is 35.4 Å². The standard InChI is InChI=1S/C8H5ClN2O2/c9-7-6-2-1-5(8(12)13)3-11(6)4-10-7/h1-4H,(H,12,13). The van der Waals surface area contributed by atoms with Gasteiger partial charge in [0.1, 0.15) is 6.33 Å². The van der Waals surface area contributed by atoms with E-state index in [-0.39, 0.29) is 5.56 Å². The first kappa shape index (κ1) is 8.07. The number of rotatable bonds is 1. The normalized spacial score (nSPS) is 10.5. The average Bonchev–Trinajstić information content (AvgIpc) is 2.47. The van der Waals surface area contributed by atoms with Gasteiger partial charge in [-0.25, -0.2) is 9.78 Å². The molecule has 0 saturated carbocycles. The number of fused-ring (bicyclic) bond motifs is 1. The second kappa shape index (κ2) is 2.74. The van der Waals surface area contributed by atoms with Crippen molar-refractivity contribution in [1.82, 2.24) is 9.38 Å². The summed E-state index contributed by atoms with van der Waals surface area (Å²) in [6.45, 7) is 0. The Balaban J connectivity index is 2.70. The second-order valence-corrected chi connectivity index (χ2v) is 2.91. The van der Waals surface area contributed by atoms with Crippen molar-refractivity contribution < 1.29 is 9.90 Å². The molecule has 0 fully saturated rings. The molecule has 0 saturated heterocycles. The first-order valence-corrected chi connectivity index (χ1v) is 3.92. The van der Waals surface area contributed by atoms with Crippen molar-refractivity contribution in [3.63, 3.8) is 0 Å². The molecule has 0 aromatic carbocycles. The van der Waals surface area contributed by atoms with Crippen LogP contribution < -0.4 is 0 Å². The van der Waals surface area contributed by atoms with Crippen LogP contribution >= 0.6 is 11.6 Å². The number of imidazole rings is 1. The first-order valence-electron chi connectivity index (χ1n) is 3.54. The Labute approximate surface area is 78.4 Å². The van der Waals surface area contributed by atoms with Gasteiger partial charge in [0.2, 0.25) is 0 Å². The maximum absolute atomic E-state index is 10.6. The number of halogens is 1. The first-order chi connectivity index (χ1) is 6.18. The largest absolute Gasteiger partial charge is 0.478 e. The van der Waals surface area contributed by atoms with E-state index in [1.807, 2.05) is 0 Å². The summed E-state index contributed by atoms with van der Waals surface area (Å²) in [6, 6.07) is 3.12.